The van der Waals surface area contributed by atoms with Crippen LogP contribution in [0.15, 0.2) is 47.4 Å². The first kappa shape index (κ1) is 18.8. The summed E-state index contributed by atoms with van der Waals surface area (Å²) in [4.78, 5) is 14.6. The zero-order chi connectivity index (χ0) is 19.7. The van der Waals surface area contributed by atoms with Crippen molar-refractivity contribution in [1.82, 2.24) is 9.21 Å². The van der Waals surface area contributed by atoms with Gasteiger partial charge in [-0.1, -0.05) is 12.1 Å². The van der Waals surface area contributed by atoms with Gasteiger partial charge in [-0.2, -0.15) is 4.31 Å². The summed E-state index contributed by atoms with van der Waals surface area (Å²) >= 11 is 0. The summed E-state index contributed by atoms with van der Waals surface area (Å²) in [7, 11) is -1.86. The minimum Gasteiger partial charge on any atom is -0.454 e. The number of fused-ring (bicyclic) bond motifs is 1. The molecule has 7 nitrogen and oxygen atoms in total. The second-order valence-corrected chi connectivity index (χ2v) is 8.93. The van der Waals surface area contributed by atoms with Crippen molar-refractivity contribution >= 4 is 15.9 Å². The predicted molar refractivity (Wildman–Crippen MR) is 103 cm³/mol. The quantitative estimate of drug-likeness (QED) is 0.768. The molecule has 0 bridgehead atoms. The van der Waals surface area contributed by atoms with Crippen molar-refractivity contribution < 1.29 is 22.7 Å². The second kappa shape index (κ2) is 7.44. The van der Waals surface area contributed by atoms with E-state index in [9.17, 15) is 13.2 Å². The molecule has 0 saturated carbocycles. The van der Waals surface area contributed by atoms with E-state index in [0.717, 1.165) is 18.4 Å². The molecular weight excluding hydrogens is 380 g/mol. The van der Waals surface area contributed by atoms with Crippen LogP contribution in [0.1, 0.15) is 28.8 Å². The Morgan fingerprint density at radius 3 is 2.61 bits per heavy atom. The number of carbonyl (C=O) groups excluding carboxylic acids is 1. The van der Waals surface area contributed by atoms with E-state index in [1.54, 1.807) is 30.1 Å². The topological polar surface area (TPSA) is 76.1 Å². The van der Waals surface area contributed by atoms with Gasteiger partial charge in [0, 0.05) is 32.2 Å². The van der Waals surface area contributed by atoms with E-state index >= 15 is 0 Å². The Hall–Kier alpha value is -2.58. The fourth-order valence-electron chi connectivity index (χ4n) is 3.47. The Morgan fingerprint density at radius 1 is 1.07 bits per heavy atom. The Bertz CT molecular complexity index is 999. The molecule has 8 heteroatoms. The number of nitrogens with zero attached hydrogens (tertiary/aromatic N) is 2. The van der Waals surface area contributed by atoms with Gasteiger partial charge in [-0.3, -0.25) is 4.79 Å². The highest BCUT2D eigenvalue weighted by Crippen LogP contribution is 2.32. The summed E-state index contributed by atoms with van der Waals surface area (Å²) < 4.78 is 37.7. The highest BCUT2D eigenvalue weighted by molar-refractivity contribution is 7.89. The monoisotopic (exact) mass is 402 g/mol. The van der Waals surface area contributed by atoms with Gasteiger partial charge in [-0.25, -0.2) is 8.42 Å². The largest absolute Gasteiger partial charge is 0.454 e. The summed E-state index contributed by atoms with van der Waals surface area (Å²) in [6.45, 7) is 1.64. The first-order valence-electron chi connectivity index (χ1n) is 9.19. The van der Waals surface area contributed by atoms with Crippen LogP contribution in [0.4, 0.5) is 0 Å². The van der Waals surface area contributed by atoms with Gasteiger partial charge in [0.15, 0.2) is 11.5 Å². The Morgan fingerprint density at radius 2 is 1.82 bits per heavy atom. The fourth-order valence-corrected chi connectivity index (χ4v) is 5.04. The van der Waals surface area contributed by atoms with Gasteiger partial charge < -0.3 is 14.4 Å². The number of sulfonamides is 1. The zero-order valence-electron chi connectivity index (χ0n) is 15.6. The van der Waals surface area contributed by atoms with Gasteiger partial charge in [-0.15, -0.1) is 0 Å². The van der Waals surface area contributed by atoms with Crippen molar-refractivity contribution in [2.75, 3.05) is 26.9 Å². The fraction of sp³-hybridized carbons (Fsp3) is 0.350. The van der Waals surface area contributed by atoms with Crippen molar-refractivity contribution in [2.24, 2.45) is 0 Å². The number of hydrogen-bond acceptors (Lipinski definition) is 5. The molecule has 0 aliphatic carbocycles. The van der Waals surface area contributed by atoms with Crippen molar-refractivity contribution in [3.8, 4) is 11.5 Å². The Kier molecular flexibility index (Phi) is 4.99. The smallest absolute Gasteiger partial charge is 0.253 e. The van der Waals surface area contributed by atoms with Crippen LogP contribution >= 0.6 is 0 Å². The van der Waals surface area contributed by atoms with E-state index in [-0.39, 0.29) is 17.6 Å². The molecule has 0 atom stereocenters. The van der Waals surface area contributed by atoms with Crippen molar-refractivity contribution in [2.45, 2.75) is 24.3 Å². The zero-order valence-corrected chi connectivity index (χ0v) is 16.4. The number of ether oxygens (including phenoxy) is 2. The van der Waals surface area contributed by atoms with Gasteiger partial charge in [-0.05, 0) is 48.7 Å². The molecule has 0 spiro atoms. The average molecular weight is 402 g/mol. The van der Waals surface area contributed by atoms with Crippen LogP contribution in [-0.2, 0) is 16.6 Å². The van der Waals surface area contributed by atoms with Crippen LogP contribution in [0.3, 0.4) is 0 Å². The van der Waals surface area contributed by atoms with E-state index in [1.165, 1.54) is 10.4 Å². The summed E-state index contributed by atoms with van der Waals surface area (Å²) in [5.74, 6) is 1.12. The molecule has 2 aromatic carbocycles. The predicted octanol–water partition coefficient (Wildman–Crippen LogP) is 2.47. The van der Waals surface area contributed by atoms with Gasteiger partial charge >= 0.3 is 0 Å². The van der Waals surface area contributed by atoms with Crippen LogP contribution in [0.5, 0.6) is 11.5 Å². The Balaban J connectivity index is 1.51. The molecule has 1 amide bonds. The van der Waals surface area contributed by atoms with E-state index < -0.39 is 10.0 Å². The average Bonchev–Trinajstić information content (AvgIpc) is 3.39. The minimum atomic E-state index is -3.55. The first-order valence-corrected chi connectivity index (χ1v) is 10.6. The Labute approximate surface area is 164 Å². The third-order valence-electron chi connectivity index (χ3n) is 4.99. The number of amides is 1. The van der Waals surface area contributed by atoms with Crippen LogP contribution in [-0.4, -0.2) is 50.5 Å². The van der Waals surface area contributed by atoms with Crippen molar-refractivity contribution in [3.05, 3.63) is 53.6 Å². The van der Waals surface area contributed by atoms with Crippen molar-refractivity contribution in [3.63, 3.8) is 0 Å². The molecule has 0 N–H and O–H groups in total. The molecule has 2 aliphatic heterocycles. The maximum absolute atomic E-state index is 12.8. The van der Waals surface area contributed by atoms with Crippen LogP contribution in [0, 0.1) is 0 Å². The highest BCUT2D eigenvalue weighted by atomic mass is 32.2. The van der Waals surface area contributed by atoms with Gasteiger partial charge in [0.05, 0.1) is 4.90 Å². The van der Waals surface area contributed by atoms with E-state index in [1.807, 2.05) is 18.2 Å². The van der Waals surface area contributed by atoms with Crippen molar-refractivity contribution in [1.29, 1.82) is 0 Å². The molecule has 0 radical (unpaired) electrons. The normalized spacial score (nSPS) is 16.3. The third kappa shape index (κ3) is 3.57. The van der Waals surface area contributed by atoms with Crippen LogP contribution in [0.25, 0.3) is 0 Å². The number of carbonyl (C=O) groups is 1. The molecule has 28 heavy (non-hydrogen) atoms. The lowest BCUT2D eigenvalue weighted by Crippen LogP contribution is -2.29. The van der Waals surface area contributed by atoms with E-state index in [2.05, 4.69) is 0 Å². The molecule has 0 unspecified atom stereocenters. The molecule has 4 rings (SSSR count). The van der Waals surface area contributed by atoms with E-state index in [4.69, 9.17) is 9.47 Å². The molecule has 148 valence electrons. The van der Waals surface area contributed by atoms with Gasteiger partial charge in [0.2, 0.25) is 16.8 Å². The number of rotatable bonds is 5. The third-order valence-corrected chi connectivity index (χ3v) is 6.88. The molecule has 1 saturated heterocycles. The lowest BCUT2D eigenvalue weighted by Gasteiger charge is -2.19. The number of benzene rings is 2. The lowest BCUT2D eigenvalue weighted by atomic mass is 10.1. The summed E-state index contributed by atoms with van der Waals surface area (Å²) in [5, 5.41) is 0. The number of hydrogen-bond donors (Lipinski definition) is 0. The van der Waals surface area contributed by atoms with Gasteiger partial charge in [0.1, 0.15) is 0 Å². The maximum Gasteiger partial charge on any atom is 0.253 e. The van der Waals surface area contributed by atoms with Crippen LogP contribution < -0.4 is 9.47 Å². The second-order valence-electron chi connectivity index (χ2n) is 6.99. The maximum atomic E-state index is 12.8. The van der Waals surface area contributed by atoms with Gasteiger partial charge in [0.25, 0.3) is 5.91 Å². The SMILES string of the molecule is CN(Cc1ccc2c(c1)OCO2)C(=O)c1cccc(S(=O)(=O)N2CCCC2)c1. The molecular formula is C20H22N2O5S. The first-order chi connectivity index (χ1) is 13.4. The minimum absolute atomic E-state index is 0.164. The molecule has 2 aromatic rings. The highest BCUT2D eigenvalue weighted by Gasteiger charge is 2.28. The molecule has 2 aliphatic rings. The summed E-state index contributed by atoms with van der Waals surface area (Å²) in [6.07, 6.45) is 1.74. The molecule has 1 fully saturated rings. The lowest BCUT2D eigenvalue weighted by molar-refractivity contribution is 0.0784. The van der Waals surface area contributed by atoms with E-state index in [0.29, 0.717) is 36.7 Å². The molecule has 0 aromatic heterocycles. The summed E-state index contributed by atoms with van der Waals surface area (Å²) in [6, 6.07) is 11.8. The summed E-state index contributed by atoms with van der Waals surface area (Å²) in [5.41, 5.74) is 1.25. The molecule has 2 heterocycles. The standard InChI is InChI=1S/C20H22N2O5S/c1-21(13-15-7-8-18-19(11-15)27-14-26-18)20(23)16-5-4-6-17(12-16)28(24,25)22-9-2-3-10-22/h4-8,11-12H,2-3,9-10,13-14H2,1H3. The van der Waals surface area contributed by atoms with Crippen LogP contribution in [0.2, 0.25) is 0 Å².